The summed E-state index contributed by atoms with van der Waals surface area (Å²) in [7, 11) is 1.74. The van der Waals surface area contributed by atoms with Crippen LogP contribution in [0.5, 0.6) is 0 Å². The summed E-state index contributed by atoms with van der Waals surface area (Å²) in [4.78, 5) is 22.0. The van der Waals surface area contributed by atoms with E-state index in [1.54, 1.807) is 24.6 Å². The monoisotopic (exact) mass is 297 g/mol. The topological polar surface area (TPSA) is 92.9 Å². The summed E-state index contributed by atoms with van der Waals surface area (Å²) >= 11 is 2.80. The van der Waals surface area contributed by atoms with Gasteiger partial charge in [0.25, 0.3) is 5.91 Å². The summed E-state index contributed by atoms with van der Waals surface area (Å²) in [5.74, 6) is 0.0197. The van der Waals surface area contributed by atoms with Crippen LogP contribution in [0.2, 0.25) is 0 Å². The van der Waals surface area contributed by atoms with Crippen LogP contribution in [0.25, 0.3) is 0 Å². The molecule has 6 nitrogen and oxygen atoms in total. The lowest BCUT2D eigenvalue weighted by Gasteiger charge is -2.10. The van der Waals surface area contributed by atoms with Gasteiger partial charge in [-0.05, 0) is 13.8 Å². The Morgan fingerprint density at radius 1 is 1.47 bits per heavy atom. The molecule has 0 aliphatic heterocycles. The van der Waals surface area contributed by atoms with Gasteiger partial charge in [0.05, 0.1) is 6.04 Å². The zero-order valence-corrected chi connectivity index (χ0v) is 12.5. The van der Waals surface area contributed by atoms with Crippen molar-refractivity contribution >= 4 is 39.5 Å². The molecule has 0 saturated heterocycles. The van der Waals surface area contributed by atoms with Crippen molar-refractivity contribution in [1.29, 1.82) is 0 Å². The highest BCUT2D eigenvalue weighted by Gasteiger charge is 2.19. The van der Waals surface area contributed by atoms with Gasteiger partial charge in [-0.3, -0.25) is 4.79 Å². The van der Waals surface area contributed by atoms with Crippen molar-refractivity contribution in [2.75, 3.05) is 18.1 Å². The van der Waals surface area contributed by atoms with Gasteiger partial charge in [0.2, 0.25) is 0 Å². The van der Waals surface area contributed by atoms with Crippen LogP contribution in [0.15, 0.2) is 6.20 Å². The van der Waals surface area contributed by atoms with Gasteiger partial charge in [-0.1, -0.05) is 11.3 Å². The van der Waals surface area contributed by atoms with Crippen LogP contribution in [-0.2, 0) is 0 Å². The van der Waals surface area contributed by atoms with Crippen molar-refractivity contribution in [3.05, 3.63) is 21.0 Å². The Labute approximate surface area is 119 Å². The van der Waals surface area contributed by atoms with Crippen molar-refractivity contribution in [2.24, 2.45) is 0 Å². The molecule has 0 aromatic carbocycles. The van der Waals surface area contributed by atoms with Crippen LogP contribution in [0.3, 0.4) is 0 Å². The molecule has 0 saturated carbocycles. The molecular weight excluding hydrogens is 282 g/mol. The van der Waals surface area contributed by atoms with E-state index in [-0.39, 0.29) is 17.8 Å². The zero-order chi connectivity index (χ0) is 14.0. The molecule has 2 aromatic rings. The van der Waals surface area contributed by atoms with E-state index in [4.69, 9.17) is 5.73 Å². The number of hydrogen-bond donors (Lipinski definition) is 3. The number of carbonyl (C=O) groups is 1. The second-order valence-electron chi connectivity index (χ2n) is 3.99. The average molecular weight is 297 g/mol. The number of thiazole rings is 2. The molecule has 4 N–H and O–H groups in total. The van der Waals surface area contributed by atoms with Gasteiger partial charge < -0.3 is 16.4 Å². The number of anilines is 2. The van der Waals surface area contributed by atoms with Gasteiger partial charge in [-0.25, -0.2) is 9.97 Å². The molecule has 0 fully saturated rings. The first-order chi connectivity index (χ1) is 9.01. The Bertz CT molecular complexity index is 592. The van der Waals surface area contributed by atoms with E-state index < -0.39 is 0 Å². The minimum atomic E-state index is -0.225. The van der Waals surface area contributed by atoms with Crippen LogP contribution < -0.4 is 16.4 Å². The normalized spacial score (nSPS) is 12.2. The minimum absolute atomic E-state index is 0.147. The third kappa shape index (κ3) is 3.02. The van der Waals surface area contributed by atoms with E-state index in [0.29, 0.717) is 10.0 Å². The van der Waals surface area contributed by atoms with Crippen molar-refractivity contribution in [3.63, 3.8) is 0 Å². The predicted octanol–water partition coefficient (Wildman–Crippen LogP) is 2.02. The van der Waals surface area contributed by atoms with E-state index >= 15 is 0 Å². The highest BCUT2D eigenvalue weighted by Crippen LogP contribution is 2.26. The lowest BCUT2D eigenvalue weighted by atomic mass is 10.3. The van der Waals surface area contributed by atoms with Crippen LogP contribution in [0.4, 0.5) is 10.9 Å². The molecule has 8 heteroatoms. The third-order valence-corrected chi connectivity index (χ3v) is 4.61. The SMILES string of the molecule is CNc1nc(N)c(C(=O)NC(C)c2ncc(C)s2)s1. The molecule has 1 atom stereocenters. The lowest BCUT2D eigenvalue weighted by Crippen LogP contribution is -2.26. The smallest absolute Gasteiger partial charge is 0.265 e. The van der Waals surface area contributed by atoms with Crippen molar-refractivity contribution in [3.8, 4) is 0 Å². The first kappa shape index (κ1) is 13.8. The number of carbonyl (C=O) groups excluding carboxylic acids is 1. The quantitative estimate of drug-likeness (QED) is 0.803. The fourth-order valence-corrected chi connectivity index (χ4v) is 3.02. The molecule has 0 spiro atoms. The minimum Gasteiger partial charge on any atom is -0.382 e. The van der Waals surface area contributed by atoms with Crippen molar-refractivity contribution < 1.29 is 4.79 Å². The molecule has 0 aliphatic carbocycles. The second-order valence-corrected chi connectivity index (χ2v) is 6.25. The maximum Gasteiger partial charge on any atom is 0.265 e. The number of hydrogen-bond acceptors (Lipinski definition) is 7. The Balaban J connectivity index is 2.10. The second kappa shape index (κ2) is 5.54. The van der Waals surface area contributed by atoms with Crippen LogP contribution >= 0.6 is 22.7 Å². The molecule has 102 valence electrons. The molecule has 2 rings (SSSR count). The zero-order valence-electron chi connectivity index (χ0n) is 10.9. The number of aryl methyl sites for hydroxylation is 1. The van der Waals surface area contributed by atoms with Gasteiger partial charge in [0.1, 0.15) is 15.7 Å². The maximum absolute atomic E-state index is 12.1. The molecule has 1 amide bonds. The van der Waals surface area contributed by atoms with Crippen LogP contribution in [-0.4, -0.2) is 22.9 Å². The van der Waals surface area contributed by atoms with Gasteiger partial charge in [-0.2, -0.15) is 0 Å². The van der Waals surface area contributed by atoms with E-state index in [2.05, 4.69) is 20.6 Å². The number of nitrogens with one attached hydrogen (secondary N) is 2. The van der Waals surface area contributed by atoms with Gasteiger partial charge in [0.15, 0.2) is 5.13 Å². The summed E-state index contributed by atoms with van der Waals surface area (Å²) in [5.41, 5.74) is 5.72. The Morgan fingerprint density at radius 2 is 2.21 bits per heavy atom. The number of amides is 1. The fourth-order valence-electron chi connectivity index (χ4n) is 1.50. The average Bonchev–Trinajstić information content (AvgIpc) is 2.95. The Morgan fingerprint density at radius 3 is 2.74 bits per heavy atom. The molecule has 0 radical (unpaired) electrons. The standard InChI is InChI=1S/C11H15N5OS2/c1-5-4-14-10(18-5)6(2)15-9(17)7-8(12)16-11(13-3)19-7/h4,6H,12H2,1-3H3,(H,13,16)(H,15,17). The van der Waals surface area contributed by atoms with Gasteiger partial charge >= 0.3 is 0 Å². The fraction of sp³-hybridized carbons (Fsp3) is 0.364. The number of nitrogens with two attached hydrogens (primary N) is 1. The first-order valence-electron chi connectivity index (χ1n) is 5.68. The van der Waals surface area contributed by atoms with Crippen LogP contribution in [0, 0.1) is 6.92 Å². The molecular formula is C11H15N5OS2. The third-order valence-electron chi connectivity index (χ3n) is 2.43. The summed E-state index contributed by atoms with van der Waals surface area (Å²) in [5, 5.41) is 7.25. The summed E-state index contributed by atoms with van der Waals surface area (Å²) < 4.78 is 0. The van der Waals surface area contributed by atoms with E-state index in [9.17, 15) is 4.79 Å². The Kier molecular flexibility index (Phi) is 4.01. The Hall–Kier alpha value is -1.67. The summed E-state index contributed by atoms with van der Waals surface area (Å²) in [6, 6.07) is -0.147. The highest BCUT2D eigenvalue weighted by atomic mass is 32.1. The van der Waals surface area contributed by atoms with Crippen molar-refractivity contribution in [2.45, 2.75) is 19.9 Å². The molecule has 2 heterocycles. The largest absolute Gasteiger partial charge is 0.382 e. The number of nitrogen functional groups attached to an aromatic ring is 1. The molecule has 0 aliphatic rings. The first-order valence-corrected chi connectivity index (χ1v) is 7.31. The number of nitrogens with zero attached hydrogens (tertiary/aromatic N) is 2. The highest BCUT2D eigenvalue weighted by molar-refractivity contribution is 7.18. The maximum atomic E-state index is 12.1. The molecule has 19 heavy (non-hydrogen) atoms. The number of rotatable bonds is 4. The van der Waals surface area contributed by atoms with Crippen molar-refractivity contribution in [1.82, 2.24) is 15.3 Å². The van der Waals surface area contributed by atoms with E-state index in [1.165, 1.54) is 11.3 Å². The molecule has 2 aromatic heterocycles. The lowest BCUT2D eigenvalue weighted by molar-refractivity contribution is 0.0944. The number of aromatic nitrogens is 2. The van der Waals surface area contributed by atoms with Gasteiger partial charge in [0, 0.05) is 18.1 Å². The summed E-state index contributed by atoms with van der Waals surface area (Å²) in [6.45, 7) is 3.88. The van der Waals surface area contributed by atoms with E-state index in [0.717, 1.165) is 9.88 Å². The molecule has 1 unspecified atom stereocenters. The predicted molar refractivity (Wildman–Crippen MR) is 78.8 cm³/mol. The summed E-state index contributed by atoms with van der Waals surface area (Å²) in [6.07, 6.45) is 1.79. The molecule has 0 bridgehead atoms. The van der Waals surface area contributed by atoms with Gasteiger partial charge in [-0.15, -0.1) is 11.3 Å². The van der Waals surface area contributed by atoms with E-state index in [1.807, 2.05) is 13.8 Å². The van der Waals surface area contributed by atoms with Crippen LogP contribution in [0.1, 0.15) is 32.5 Å².